The summed E-state index contributed by atoms with van der Waals surface area (Å²) in [7, 11) is 0. The van der Waals surface area contributed by atoms with Crippen LogP contribution in [0.25, 0.3) is 0 Å². The van der Waals surface area contributed by atoms with E-state index in [0.717, 1.165) is 13.0 Å². The summed E-state index contributed by atoms with van der Waals surface area (Å²) in [5, 5.41) is 0. The van der Waals surface area contributed by atoms with Gasteiger partial charge in [0.05, 0.1) is 6.04 Å². The summed E-state index contributed by atoms with van der Waals surface area (Å²) in [6.07, 6.45) is 2.22. The third-order valence-corrected chi connectivity index (χ3v) is 4.99. The first-order chi connectivity index (χ1) is 10.2. The first kappa shape index (κ1) is 12.9. The van der Waals surface area contributed by atoms with Crippen LogP contribution >= 0.6 is 0 Å². The maximum absolute atomic E-state index is 6.37. The molecule has 0 spiro atoms. The number of hydrogen-bond donors (Lipinski definition) is 1. The summed E-state index contributed by atoms with van der Waals surface area (Å²) >= 11 is 0. The predicted molar refractivity (Wildman–Crippen MR) is 87.4 cm³/mol. The van der Waals surface area contributed by atoms with Crippen molar-refractivity contribution in [2.45, 2.75) is 31.8 Å². The van der Waals surface area contributed by atoms with Crippen molar-refractivity contribution in [1.29, 1.82) is 0 Å². The summed E-state index contributed by atoms with van der Waals surface area (Å²) in [5.74, 6) is 0.698. The summed E-state index contributed by atoms with van der Waals surface area (Å²) in [6, 6.07) is 18.2. The van der Waals surface area contributed by atoms with Crippen molar-refractivity contribution in [3.05, 3.63) is 65.2 Å². The molecular formula is C19H22N2. The largest absolute Gasteiger partial charge is 0.364 e. The van der Waals surface area contributed by atoms with Crippen LogP contribution in [0.5, 0.6) is 0 Å². The van der Waals surface area contributed by atoms with E-state index in [4.69, 9.17) is 5.73 Å². The molecule has 2 nitrogen and oxygen atoms in total. The van der Waals surface area contributed by atoms with E-state index >= 15 is 0 Å². The molecule has 108 valence electrons. The normalized spacial score (nSPS) is 27.3. The summed E-state index contributed by atoms with van der Waals surface area (Å²) < 4.78 is 0. The first-order valence-corrected chi connectivity index (χ1v) is 7.93. The lowest BCUT2D eigenvalue weighted by Gasteiger charge is -2.39. The van der Waals surface area contributed by atoms with Crippen LogP contribution in [0.3, 0.4) is 0 Å². The Morgan fingerprint density at radius 1 is 1.00 bits per heavy atom. The topological polar surface area (TPSA) is 29.3 Å². The first-order valence-electron chi connectivity index (χ1n) is 7.93. The van der Waals surface area contributed by atoms with Gasteiger partial charge < -0.3 is 10.6 Å². The van der Waals surface area contributed by atoms with Crippen LogP contribution in [-0.2, 0) is 6.42 Å². The van der Waals surface area contributed by atoms with Crippen LogP contribution in [-0.4, -0.2) is 6.54 Å². The molecule has 3 unspecified atom stereocenters. The standard InChI is InChI=1S/C19H22N2/c1-13-10-14-6-2-5-9-18(14)21(12-13)19-11-17(20)15-7-3-4-8-16(15)19/h2-9,13,17,19H,10-12,20H2,1H3. The second kappa shape index (κ2) is 4.88. The molecule has 1 aliphatic carbocycles. The van der Waals surface area contributed by atoms with E-state index in [2.05, 4.69) is 60.4 Å². The van der Waals surface area contributed by atoms with Crippen molar-refractivity contribution >= 4 is 5.69 Å². The fourth-order valence-corrected chi connectivity index (χ4v) is 4.07. The summed E-state index contributed by atoms with van der Waals surface area (Å²) in [4.78, 5) is 2.59. The SMILES string of the molecule is CC1Cc2ccccc2N(C2CC(N)c3ccccc32)C1. The van der Waals surface area contributed by atoms with E-state index in [1.807, 2.05) is 0 Å². The predicted octanol–water partition coefficient (Wildman–Crippen LogP) is 3.83. The van der Waals surface area contributed by atoms with E-state index in [0.29, 0.717) is 12.0 Å². The van der Waals surface area contributed by atoms with Crippen LogP contribution in [0.4, 0.5) is 5.69 Å². The number of para-hydroxylation sites is 1. The Balaban J connectivity index is 1.78. The zero-order chi connectivity index (χ0) is 14.4. The quantitative estimate of drug-likeness (QED) is 0.859. The molecule has 21 heavy (non-hydrogen) atoms. The highest BCUT2D eigenvalue weighted by Crippen LogP contribution is 2.45. The average molecular weight is 278 g/mol. The Hall–Kier alpha value is -1.80. The van der Waals surface area contributed by atoms with Gasteiger partial charge in [0.1, 0.15) is 0 Å². The van der Waals surface area contributed by atoms with Crippen molar-refractivity contribution < 1.29 is 0 Å². The van der Waals surface area contributed by atoms with Gasteiger partial charge in [0.2, 0.25) is 0 Å². The van der Waals surface area contributed by atoms with Crippen LogP contribution in [0, 0.1) is 5.92 Å². The Labute approximate surface area is 126 Å². The molecule has 0 aromatic heterocycles. The van der Waals surface area contributed by atoms with Gasteiger partial charge in [0.15, 0.2) is 0 Å². The summed E-state index contributed by atoms with van der Waals surface area (Å²) in [6.45, 7) is 3.48. The van der Waals surface area contributed by atoms with Crippen molar-refractivity contribution in [2.75, 3.05) is 11.4 Å². The average Bonchev–Trinajstić information content (AvgIpc) is 2.84. The van der Waals surface area contributed by atoms with Crippen LogP contribution in [0.2, 0.25) is 0 Å². The second-order valence-electron chi connectivity index (χ2n) is 6.58. The zero-order valence-corrected chi connectivity index (χ0v) is 12.5. The van der Waals surface area contributed by atoms with Crippen LogP contribution < -0.4 is 10.6 Å². The minimum Gasteiger partial charge on any atom is -0.364 e. The number of benzene rings is 2. The maximum Gasteiger partial charge on any atom is 0.0564 e. The number of hydrogen-bond acceptors (Lipinski definition) is 2. The van der Waals surface area contributed by atoms with E-state index in [-0.39, 0.29) is 6.04 Å². The number of fused-ring (bicyclic) bond motifs is 2. The Bertz CT molecular complexity index is 664. The molecule has 0 bridgehead atoms. The fourth-order valence-electron chi connectivity index (χ4n) is 4.07. The van der Waals surface area contributed by atoms with Gasteiger partial charge in [-0.3, -0.25) is 0 Å². The number of nitrogens with zero attached hydrogens (tertiary/aromatic N) is 1. The molecule has 1 heterocycles. The Morgan fingerprint density at radius 2 is 1.71 bits per heavy atom. The van der Waals surface area contributed by atoms with E-state index in [9.17, 15) is 0 Å². The van der Waals surface area contributed by atoms with Crippen molar-refractivity contribution in [3.8, 4) is 0 Å². The molecule has 2 aromatic rings. The van der Waals surface area contributed by atoms with E-state index in [1.165, 1.54) is 28.8 Å². The lowest BCUT2D eigenvalue weighted by atomic mass is 9.91. The van der Waals surface area contributed by atoms with Gasteiger partial charge in [0.25, 0.3) is 0 Å². The number of nitrogens with two attached hydrogens (primary N) is 1. The van der Waals surface area contributed by atoms with Crippen molar-refractivity contribution in [3.63, 3.8) is 0 Å². The third-order valence-electron chi connectivity index (χ3n) is 4.99. The number of rotatable bonds is 1. The van der Waals surface area contributed by atoms with Gasteiger partial charge in [-0.05, 0) is 41.5 Å². The Kier molecular flexibility index (Phi) is 3.00. The molecule has 3 atom stereocenters. The van der Waals surface area contributed by atoms with Gasteiger partial charge >= 0.3 is 0 Å². The molecule has 2 N–H and O–H groups in total. The minimum absolute atomic E-state index is 0.176. The monoisotopic (exact) mass is 278 g/mol. The van der Waals surface area contributed by atoms with Crippen molar-refractivity contribution in [2.24, 2.45) is 11.7 Å². The molecular weight excluding hydrogens is 256 g/mol. The highest BCUT2D eigenvalue weighted by molar-refractivity contribution is 5.59. The lowest BCUT2D eigenvalue weighted by Crippen LogP contribution is -2.36. The van der Waals surface area contributed by atoms with Gasteiger partial charge in [-0.25, -0.2) is 0 Å². The van der Waals surface area contributed by atoms with E-state index in [1.54, 1.807) is 0 Å². The van der Waals surface area contributed by atoms with Crippen LogP contribution in [0.1, 0.15) is 42.1 Å². The smallest absolute Gasteiger partial charge is 0.0564 e. The molecule has 0 saturated carbocycles. The zero-order valence-electron chi connectivity index (χ0n) is 12.5. The molecule has 0 amide bonds. The molecule has 2 heteroatoms. The molecule has 2 aromatic carbocycles. The minimum atomic E-state index is 0.176. The van der Waals surface area contributed by atoms with Gasteiger partial charge in [-0.1, -0.05) is 49.4 Å². The Morgan fingerprint density at radius 3 is 2.57 bits per heavy atom. The van der Waals surface area contributed by atoms with Crippen molar-refractivity contribution in [1.82, 2.24) is 0 Å². The maximum atomic E-state index is 6.37. The fraction of sp³-hybridized carbons (Fsp3) is 0.368. The van der Waals surface area contributed by atoms with Gasteiger partial charge in [-0.15, -0.1) is 0 Å². The van der Waals surface area contributed by atoms with Gasteiger partial charge in [-0.2, -0.15) is 0 Å². The molecule has 4 rings (SSSR count). The molecule has 0 radical (unpaired) electrons. The highest BCUT2D eigenvalue weighted by Gasteiger charge is 2.35. The molecule has 0 saturated heterocycles. The summed E-state index contributed by atoms with van der Waals surface area (Å²) in [5.41, 5.74) is 12.0. The van der Waals surface area contributed by atoms with E-state index < -0.39 is 0 Å². The molecule has 0 fully saturated rings. The van der Waals surface area contributed by atoms with Gasteiger partial charge in [0, 0.05) is 18.3 Å². The van der Waals surface area contributed by atoms with Crippen LogP contribution in [0.15, 0.2) is 48.5 Å². The second-order valence-corrected chi connectivity index (χ2v) is 6.58. The lowest BCUT2D eigenvalue weighted by molar-refractivity contribution is 0.473. The highest BCUT2D eigenvalue weighted by atomic mass is 15.2. The molecule has 1 aliphatic heterocycles. The number of anilines is 1. The third kappa shape index (κ3) is 2.06. The molecule has 2 aliphatic rings.